The predicted molar refractivity (Wildman–Crippen MR) is 73.8 cm³/mol. The molecule has 0 aliphatic rings. The van der Waals surface area contributed by atoms with Crippen molar-refractivity contribution in [1.29, 1.82) is 0 Å². The van der Waals surface area contributed by atoms with Crippen molar-refractivity contribution in [2.45, 2.75) is 59.3 Å². The maximum Gasteiger partial charge on any atom is 0.222 e. The maximum absolute atomic E-state index is 12.0. The smallest absolute Gasteiger partial charge is 0.222 e. The molecule has 2 N–H and O–H groups in total. The minimum atomic E-state index is 0.312. The molecule has 0 radical (unpaired) electrons. The van der Waals surface area contributed by atoms with Crippen LogP contribution >= 0.6 is 0 Å². The second-order valence-electron chi connectivity index (χ2n) is 4.74. The molecule has 0 aliphatic heterocycles. The third kappa shape index (κ3) is 7.37. The topological polar surface area (TPSA) is 46.3 Å². The van der Waals surface area contributed by atoms with Crippen molar-refractivity contribution in [2.75, 3.05) is 19.6 Å². The molecule has 0 bridgehead atoms. The van der Waals surface area contributed by atoms with Gasteiger partial charge in [0.25, 0.3) is 0 Å². The lowest BCUT2D eigenvalue weighted by atomic mass is 9.94. The van der Waals surface area contributed by atoms with Crippen molar-refractivity contribution in [1.82, 2.24) is 4.90 Å². The molecule has 3 nitrogen and oxygen atoms in total. The van der Waals surface area contributed by atoms with Gasteiger partial charge in [0.15, 0.2) is 0 Å². The normalized spacial score (nSPS) is 12.5. The second kappa shape index (κ2) is 10.6. The molecule has 0 aliphatic carbocycles. The van der Waals surface area contributed by atoms with Gasteiger partial charge in [-0.1, -0.05) is 26.7 Å². The minimum absolute atomic E-state index is 0.312. The van der Waals surface area contributed by atoms with Crippen molar-refractivity contribution in [2.24, 2.45) is 11.7 Å². The van der Waals surface area contributed by atoms with Crippen molar-refractivity contribution >= 4 is 5.91 Å². The molecule has 0 spiro atoms. The van der Waals surface area contributed by atoms with E-state index in [0.29, 0.717) is 18.2 Å². The van der Waals surface area contributed by atoms with E-state index in [1.54, 1.807) is 0 Å². The van der Waals surface area contributed by atoms with Gasteiger partial charge in [0.1, 0.15) is 0 Å². The van der Waals surface area contributed by atoms with Crippen LogP contribution in [0.15, 0.2) is 0 Å². The summed E-state index contributed by atoms with van der Waals surface area (Å²) in [7, 11) is 0. The summed E-state index contributed by atoms with van der Waals surface area (Å²) in [5, 5.41) is 0. The SMILES string of the molecule is CCCC(CCN)CCC(=O)N(CC)CCC. The van der Waals surface area contributed by atoms with Crippen molar-refractivity contribution < 1.29 is 4.79 Å². The van der Waals surface area contributed by atoms with E-state index in [0.717, 1.165) is 38.9 Å². The Morgan fingerprint density at radius 3 is 2.29 bits per heavy atom. The number of amides is 1. The Morgan fingerprint density at radius 2 is 1.82 bits per heavy atom. The first kappa shape index (κ1) is 16.4. The number of hydrogen-bond donors (Lipinski definition) is 1. The van der Waals surface area contributed by atoms with E-state index in [-0.39, 0.29) is 0 Å². The summed E-state index contributed by atoms with van der Waals surface area (Å²) in [5.41, 5.74) is 5.60. The molecule has 0 aromatic rings. The van der Waals surface area contributed by atoms with Gasteiger partial charge in [0.05, 0.1) is 0 Å². The van der Waals surface area contributed by atoms with Gasteiger partial charge in [-0.15, -0.1) is 0 Å². The second-order valence-corrected chi connectivity index (χ2v) is 4.74. The zero-order valence-corrected chi connectivity index (χ0v) is 11.9. The average molecular weight is 242 g/mol. The van der Waals surface area contributed by atoms with E-state index in [4.69, 9.17) is 5.73 Å². The van der Waals surface area contributed by atoms with Crippen molar-refractivity contribution in [3.8, 4) is 0 Å². The fourth-order valence-corrected chi connectivity index (χ4v) is 2.29. The van der Waals surface area contributed by atoms with Crippen LogP contribution in [0.25, 0.3) is 0 Å². The lowest BCUT2D eigenvalue weighted by molar-refractivity contribution is -0.131. The zero-order chi connectivity index (χ0) is 13.1. The van der Waals surface area contributed by atoms with Crippen molar-refractivity contribution in [3.05, 3.63) is 0 Å². The van der Waals surface area contributed by atoms with Crippen LogP contribution in [0.5, 0.6) is 0 Å². The largest absolute Gasteiger partial charge is 0.343 e. The zero-order valence-electron chi connectivity index (χ0n) is 11.9. The number of carbonyl (C=O) groups excluding carboxylic acids is 1. The van der Waals surface area contributed by atoms with E-state index in [1.807, 2.05) is 4.90 Å². The first-order valence-electron chi connectivity index (χ1n) is 7.17. The van der Waals surface area contributed by atoms with E-state index in [2.05, 4.69) is 20.8 Å². The van der Waals surface area contributed by atoms with Gasteiger partial charge in [-0.3, -0.25) is 4.79 Å². The molecule has 1 unspecified atom stereocenters. The molecule has 0 fully saturated rings. The van der Waals surface area contributed by atoms with E-state index in [1.165, 1.54) is 12.8 Å². The van der Waals surface area contributed by atoms with E-state index in [9.17, 15) is 4.79 Å². The predicted octanol–water partition coefficient (Wildman–Crippen LogP) is 2.79. The summed E-state index contributed by atoms with van der Waals surface area (Å²) >= 11 is 0. The molecule has 0 rings (SSSR count). The summed E-state index contributed by atoms with van der Waals surface area (Å²) in [6.45, 7) is 8.83. The number of rotatable bonds is 10. The summed E-state index contributed by atoms with van der Waals surface area (Å²) in [6, 6.07) is 0. The summed E-state index contributed by atoms with van der Waals surface area (Å²) in [4.78, 5) is 13.9. The first-order chi connectivity index (χ1) is 8.19. The molecule has 17 heavy (non-hydrogen) atoms. The molecule has 1 amide bonds. The fraction of sp³-hybridized carbons (Fsp3) is 0.929. The number of nitrogens with zero attached hydrogens (tertiary/aromatic N) is 1. The van der Waals surface area contributed by atoms with Gasteiger partial charge >= 0.3 is 0 Å². The molecule has 0 heterocycles. The average Bonchev–Trinajstić information content (AvgIpc) is 2.33. The Morgan fingerprint density at radius 1 is 1.12 bits per heavy atom. The maximum atomic E-state index is 12.0. The highest BCUT2D eigenvalue weighted by atomic mass is 16.2. The molecule has 102 valence electrons. The first-order valence-corrected chi connectivity index (χ1v) is 7.17. The van der Waals surface area contributed by atoms with Gasteiger partial charge in [0, 0.05) is 19.5 Å². The molecule has 0 aromatic carbocycles. The van der Waals surface area contributed by atoms with Crippen LogP contribution in [-0.2, 0) is 4.79 Å². The Labute approximate surface area is 107 Å². The monoisotopic (exact) mass is 242 g/mol. The van der Waals surface area contributed by atoms with Crippen LogP contribution in [0.2, 0.25) is 0 Å². The molecule has 0 saturated carbocycles. The summed E-state index contributed by atoms with van der Waals surface area (Å²) in [5.74, 6) is 0.946. The fourth-order valence-electron chi connectivity index (χ4n) is 2.29. The quantitative estimate of drug-likeness (QED) is 0.640. The number of carbonyl (C=O) groups is 1. The highest BCUT2D eigenvalue weighted by Gasteiger charge is 2.13. The van der Waals surface area contributed by atoms with Crippen molar-refractivity contribution in [3.63, 3.8) is 0 Å². The molecule has 0 aromatic heterocycles. The third-order valence-corrected chi connectivity index (χ3v) is 3.27. The number of hydrogen-bond acceptors (Lipinski definition) is 2. The Hall–Kier alpha value is -0.570. The Balaban J connectivity index is 3.99. The van der Waals surface area contributed by atoms with Gasteiger partial charge in [-0.25, -0.2) is 0 Å². The van der Waals surface area contributed by atoms with Gasteiger partial charge in [-0.2, -0.15) is 0 Å². The highest BCUT2D eigenvalue weighted by molar-refractivity contribution is 5.76. The third-order valence-electron chi connectivity index (χ3n) is 3.27. The van der Waals surface area contributed by atoms with Gasteiger partial charge in [-0.05, 0) is 38.6 Å². The molecule has 0 saturated heterocycles. The molecule has 3 heteroatoms. The Bertz CT molecular complexity index is 189. The highest BCUT2D eigenvalue weighted by Crippen LogP contribution is 2.17. The molecular formula is C14H30N2O. The molecular weight excluding hydrogens is 212 g/mol. The van der Waals surface area contributed by atoms with Crippen LogP contribution in [0.3, 0.4) is 0 Å². The summed E-state index contributed by atoms with van der Waals surface area (Å²) < 4.78 is 0. The van der Waals surface area contributed by atoms with Gasteiger partial charge < -0.3 is 10.6 Å². The summed E-state index contributed by atoms with van der Waals surface area (Å²) in [6.07, 6.45) is 6.18. The Kier molecular flexibility index (Phi) is 10.2. The molecule has 1 atom stereocenters. The van der Waals surface area contributed by atoms with Crippen LogP contribution < -0.4 is 5.73 Å². The van der Waals surface area contributed by atoms with Crippen LogP contribution in [0, 0.1) is 5.92 Å². The van der Waals surface area contributed by atoms with Gasteiger partial charge in [0.2, 0.25) is 5.91 Å². The minimum Gasteiger partial charge on any atom is -0.343 e. The number of nitrogens with two attached hydrogens (primary N) is 1. The lowest BCUT2D eigenvalue weighted by Crippen LogP contribution is -2.31. The van der Waals surface area contributed by atoms with E-state index >= 15 is 0 Å². The van der Waals surface area contributed by atoms with Crippen LogP contribution in [-0.4, -0.2) is 30.4 Å². The lowest BCUT2D eigenvalue weighted by Gasteiger charge is -2.22. The van der Waals surface area contributed by atoms with Crippen LogP contribution in [0.1, 0.15) is 59.3 Å². The standard InChI is InChI=1S/C14H30N2O/c1-4-7-13(10-11-15)8-9-14(17)16(6-3)12-5-2/h13H,4-12,15H2,1-3H3. The van der Waals surface area contributed by atoms with Crippen LogP contribution in [0.4, 0.5) is 0 Å². The van der Waals surface area contributed by atoms with E-state index < -0.39 is 0 Å².